The lowest BCUT2D eigenvalue weighted by Crippen LogP contribution is -2.32. The first-order chi connectivity index (χ1) is 4.34. The van der Waals surface area contributed by atoms with Crippen molar-refractivity contribution in [3.05, 3.63) is 0 Å². The van der Waals surface area contributed by atoms with Crippen LogP contribution in [-0.2, 0) is 4.79 Å². The summed E-state index contributed by atoms with van der Waals surface area (Å²) in [7, 11) is 0. The second-order valence-electron chi connectivity index (χ2n) is 3.13. The Balaban J connectivity index is 2.11. The van der Waals surface area contributed by atoms with Crippen LogP contribution in [0.3, 0.4) is 0 Å². The highest BCUT2D eigenvalue weighted by Crippen LogP contribution is 2.23. The van der Waals surface area contributed by atoms with Crippen molar-refractivity contribution in [3.63, 3.8) is 0 Å². The van der Waals surface area contributed by atoms with Crippen molar-refractivity contribution >= 4 is 5.78 Å². The predicted octanol–water partition coefficient (Wildman–Crippen LogP) is 0.281. The van der Waals surface area contributed by atoms with Crippen LogP contribution in [-0.4, -0.2) is 30.3 Å². The van der Waals surface area contributed by atoms with Gasteiger partial charge in [-0.05, 0) is 18.9 Å². The van der Waals surface area contributed by atoms with E-state index in [2.05, 4.69) is 4.90 Å². The molecule has 0 aromatic carbocycles. The molecule has 0 saturated carbocycles. The first kappa shape index (κ1) is 5.42. The summed E-state index contributed by atoms with van der Waals surface area (Å²) in [6.45, 7) is 3.08. The molecule has 9 heavy (non-hydrogen) atoms. The van der Waals surface area contributed by atoms with Gasteiger partial charge < -0.3 is 0 Å². The van der Waals surface area contributed by atoms with Crippen molar-refractivity contribution in [2.45, 2.75) is 12.8 Å². The zero-order valence-corrected chi connectivity index (χ0v) is 5.47. The highest BCUT2D eigenvalue weighted by Gasteiger charge is 2.30. The van der Waals surface area contributed by atoms with Gasteiger partial charge in [0.25, 0.3) is 0 Å². The van der Waals surface area contributed by atoms with Crippen LogP contribution < -0.4 is 0 Å². The van der Waals surface area contributed by atoms with E-state index in [1.807, 2.05) is 0 Å². The number of carbonyl (C=O) groups is 1. The van der Waals surface area contributed by atoms with Crippen LogP contribution in [0.5, 0.6) is 0 Å². The summed E-state index contributed by atoms with van der Waals surface area (Å²) >= 11 is 0. The Morgan fingerprint density at radius 2 is 2.44 bits per heavy atom. The molecule has 0 aromatic rings. The normalized spacial score (nSPS) is 41.6. The first-order valence-corrected chi connectivity index (χ1v) is 3.58. The van der Waals surface area contributed by atoms with E-state index in [-0.39, 0.29) is 0 Å². The van der Waals surface area contributed by atoms with E-state index in [1.54, 1.807) is 0 Å². The number of hydrogen-bond acceptors (Lipinski definition) is 2. The van der Waals surface area contributed by atoms with Gasteiger partial charge in [-0.15, -0.1) is 0 Å². The monoisotopic (exact) mass is 125 g/mol. The summed E-state index contributed by atoms with van der Waals surface area (Å²) in [6, 6.07) is 0. The molecule has 2 aliphatic heterocycles. The second-order valence-corrected chi connectivity index (χ2v) is 3.13. The highest BCUT2D eigenvalue weighted by molar-refractivity contribution is 5.81. The van der Waals surface area contributed by atoms with Crippen molar-refractivity contribution in [3.8, 4) is 0 Å². The SMILES string of the molecule is O=C1C[C@H]2CCN(C1)C2. The van der Waals surface area contributed by atoms with E-state index in [0.29, 0.717) is 11.7 Å². The summed E-state index contributed by atoms with van der Waals surface area (Å²) in [5, 5.41) is 0. The smallest absolute Gasteiger partial charge is 0.147 e. The maximum absolute atomic E-state index is 10.9. The van der Waals surface area contributed by atoms with Crippen LogP contribution >= 0.6 is 0 Å². The van der Waals surface area contributed by atoms with Crippen molar-refractivity contribution in [2.75, 3.05) is 19.6 Å². The fourth-order valence-corrected chi connectivity index (χ4v) is 1.86. The van der Waals surface area contributed by atoms with E-state index >= 15 is 0 Å². The summed E-state index contributed by atoms with van der Waals surface area (Å²) < 4.78 is 0. The van der Waals surface area contributed by atoms with E-state index in [1.165, 1.54) is 13.0 Å². The van der Waals surface area contributed by atoms with Gasteiger partial charge in [-0.1, -0.05) is 0 Å². The molecule has 2 heterocycles. The van der Waals surface area contributed by atoms with Gasteiger partial charge >= 0.3 is 0 Å². The Morgan fingerprint density at radius 1 is 1.56 bits per heavy atom. The third kappa shape index (κ3) is 0.874. The number of piperidine rings is 1. The van der Waals surface area contributed by atoms with Crippen molar-refractivity contribution < 1.29 is 4.79 Å². The quantitative estimate of drug-likeness (QED) is 0.463. The maximum Gasteiger partial charge on any atom is 0.147 e. The molecule has 2 atom stereocenters. The summed E-state index contributed by atoms with van der Waals surface area (Å²) in [5.41, 5.74) is 0. The van der Waals surface area contributed by atoms with Gasteiger partial charge in [0.05, 0.1) is 6.54 Å². The number of rotatable bonds is 0. The van der Waals surface area contributed by atoms with E-state index < -0.39 is 0 Å². The molecule has 0 aliphatic carbocycles. The molecule has 0 N–H and O–H groups in total. The number of carbonyl (C=O) groups excluding carboxylic acids is 1. The number of Topliss-reactive ketones (excluding diaryl/α,β-unsaturated/α-hetero) is 1. The van der Waals surface area contributed by atoms with E-state index in [9.17, 15) is 4.79 Å². The van der Waals surface area contributed by atoms with E-state index in [0.717, 1.165) is 19.5 Å². The van der Waals surface area contributed by atoms with Crippen molar-refractivity contribution in [1.29, 1.82) is 0 Å². The van der Waals surface area contributed by atoms with Crippen molar-refractivity contribution in [1.82, 2.24) is 4.90 Å². The molecule has 0 amide bonds. The van der Waals surface area contributed by atoms with Gasteiger partial charge in [0.2, 0.25) is 0 Å². The molecule has 2 rings (SSSR count). The Labute approximate surface area is 54.8 Å². The largest absolute Gasteiger partial charge is 0.298 e. The van der Waals surface area contributed by atoms with Gasteiger partial charge in [0.1, 0.15) is 5.78 Å². The Morgan fingerprint density at radius 3 is 3.22 bits per heavy atom. The number of hydrogen-bond donors (Lipinski definition) is 0. The minimum atomic E-state index is 0.448. The van der Waals surface area contributed by atoms with Crippen LogP contribution in [0.2, 0.25) is 0 Å². The van der Waals surface area contributed by atoms with Crippen LogP contribution in [0.1, 0.15) is 12.8 Å². The fourth-order valence-electron chi connectivity index (χ4n) is 1.86. The Hall–Kier alpha value is -0.370. The van der Waals surface area contributed by atoms with Crippen LogP contribution in [0, 0.1) is 5.92 Å². The van der Waals surface area contributed by atoms with Crippen LogP contribution in [0.25, 0.3) is 0 Å². The van der Waals surface area contributed by atoms with Gasteiger partial charge in [-0.2, -0.15) is 0 Å². The third-order valence-electron chi connectivity index (χ3n) is 2.29. The van der Waals surface area contributed by atoms with Gasteiger partial charge in [0.15, 0.2) is 0 Å². The lowest BCUT2D eigenvalue weighted by molar-refractivity contribution is -0.122. The minimum Gasteiger partial charge on any atom is -0.298 e. The molecule has 2 fully saturated rings. The topological polar surface area (TPSA) is 20.3 Å². The summed E-state index contributed by atoms with van der Waals surface area (Å²) in [6.07, 6.45) is 2.11. The molecule has 1 unspecified atom stereocenters. The number of nitrogens with zero attached hydrogens (tertiary/aromatic N) is 1. The van der Waals surface area contributed by atoms with Crippen LogP contribution in [0.15, 0.2) is 0 Å². The highest BCUT2D eigenvalue weighted by atomic mass is 16.1. The molecule has 2 nitrogen and oxygen atoms in total. The molecule has 50 valence electrons. The van der Waals surface area contributed by atoms with Gasteiger partial charge in [-0.3, -0.25) is 9.69 Å². The zero-order chi connectivity index (χ0) is 6.27. The summed E-state index contributed by atoms with van der Waals surface area (Å²) in [5.74, 6) is 1.16. The first-order valence-electron chi connectivity index (χ1n) is 3.58. The zero-order valence-electron chi connectivity index (χ0n) is 5.47. The van der Waals surface area contributed by atoms with Crippen LogP contribution in [0.4, 0.5) is 0 Å². The average Bonchev–Trinajstić information content (AvgIpc) is 2.11. The number of ketones is 1. The molecule has 0 radical (unpaired) electrons. The molecular weight excluding hydrogens is 114 g/mol. The number of fused-ring (bicyclic) bond motifs is 2. The second kappa shape index (κ2) is 1.81. The molecule has 2 bridgehead atoms. The maximum atomic E-state index is 10.9. The Kier molecular flexibility index (Phi) is 1.09. The van der Waals surface area contributed by atoms with Gasteiger partial charge in [-0.25, -0.2) is 0 Å². The molecule has 2 saturated heterocycles. The Bertz CT molecular complexity index is 130. The molecular formula is C7H11NO. The molecule has 2 aliphatic rings. The molecule has 0 aromatic heterocycles. The lowest BCUT2D eigenvalue weighted by Gasteiger charge is -2.19. The van der Waals surface area contributed by atoms with Crippen molar-refractivity contribution in [2.24, 2.45) is 5.92 Å². The fraction of sp³-hybridized carbons (Fsp3) is 0.857. The third-order valence-corrected chi connectivity index (χ3v) is 2.29. The molecule has 2 heteroatoms. The minimum absolute atomic E-state index is 0.448. The lowest BCUT2D eigenvalue weighted by atomic mass is 10.0. The predicted molar refractivity (Wildman–Crippen MR) is 34.2 cm³/mol. The van der Waals surface area contributed by atoms with Gasteiger partial charge in [0, 0.05) is 13.0 Å². The standard InChI is InChI=1S/C7H11NO/c9-7-3-6-1-2-8(4-6)5-7/h6H,1-5H2/t6-/m1/s1. The molecule has 0 spiro atoms. The summed E-state index contributed by atoms with van der Waals surface area (Å²) in [4.78, 5) is 13.1. The van der Waals surface area contributed by atoms with E-state index in [4.69, 9.17) is 0 Å². The average molecular weight is 125 g/mol.